The van der Waals surface area contributed by atoms with Crippen LogP contribution in [-0.2, 0) is 46.4 Å². The lowest BCUT2D eigenvalue weighted by atomic mass is 9.99. The van der Waals surface area contributed by atoms with E-state index in [4.69, 9.17) is 11.5 Å². The van der Waals surface area contributed by atoms with Crippen LogP contribution in [0.1, 0.15) is 45.7 Å². The highest BCUT2D eigenvalue weighted by Gasteiger charge is 2.34. The lowest BCUT2D eigenvalue weighted by Crippen LogP contribution is -2.61. The maximum Gasteiger partial charge on any atom is 0.244 e. The molecule has 16 nitrogen and oxygen atoms in total. The number of thiol groups is 1. The molecule has 0 saturated carbocycles. The van der Waals surface area contributed by atoms with Crippen molar-refractivity contribution in [3.8, 4) is 5.75 Å². The van der Waals surface area contributed by atoms with E-state index in [1.165, 1.54) is 19.1 Å². The fourth-order valence-electron chi connectivity index (χ4n) is 5.04. The predicted molar refractivity (Wildman–Crippen MR) is 201 cm³/mol. The number of benzene rings is 2. The molecule has 0 saturated heterocycles. The molecular weight excluding hydrogens is 705 g/mol. The molecule has 0 aliphatic heterocycles. The molecule has 0 aromatic heterocycles. The SMILES string of the molecule is CC(C)[C@H](NC(=O)[C@H](CS)NC(=O)[C@H](Cc1ccccc1)NC(=O)[C@@H](C)NC(=O)[C@@H](N)Cc1ccc(O)cc1)C(=O)N[C@H](C(=O)NCC(N)=O)C(C)C. The number of hydrogen-bond donors (Lipinski definition) is 10. The Balaban J connectivity index is 2.15. The largest absolute Gasteiger partial charge is 0.508 e. The van der Waals surface area contributed by atoms with Crippen molar-refractivity contribution >= 4 is 54.0 Å². The van der Waals surface area contributed by atoms with Gasteiger partial charge >= 0.3 is 0 Å². The van der Waals surface area contributed by atoms with E-state index in [9.17, 15) is 38.7 Å². The highest BCUT2D eigenvalue weighted by Crippen LogP contribution is 2.12. The number of nitrogens with one attached hydrogen (secondary N) is 6. The van der Waals surface area contributed by atoms with E-state index in [1.54, 1.807) is 70.2 Å². The molecule has 2 rings (SSSR count). The van der Waals surface area contributed by atoms with Crippen molar-refractivity contribution in [2.75, 3.05) is 12.3 Å². The first kappa shape index (κ1) is 44.0. The zero-order valence-electron chi connectivity index (χ0n) is 30.6. The number of rotatable bonds is 20. The van der Waals surface area contributed by atoms with E-state index in [1.807, 2.05) is 0 Å². The molecule has 0 bridgehead atoms. The van der Waals surface area contributed by atoms with Crippen LogP contribution in [0.3, 0.4) is 0 Å². The summed E-state index contributed by atoms with van der Waals surface area (Å²) in [4.78, 5) is 90.3. The van der Waals surface area contributed by atoms with Crippen LogP contribution in [0.25, 0.3) is 0 Å². The summed E-state index contributed by atoms with van der Waals surface area (Å²) in [5, 5.41) is 24.9. The Bertz CT molecular complexity index is 1570. The summed E-state index contributed by atoms with van der Waals surface area (Å²) in [7, 11) is 0. The molecule has 0 unspecified atom stereocenters. The second-order valence-corrected chi connectivity index (χ2v) is 13.7. The number of phenolic OH excluding ortho intramolecular Hbond substituents is 1. The fourth-order valence-corrected chi connectivity index (χ4v) is 5.29. The second kappa shape index (κ2) is 21.4. The third kappa shape index (κ3) is 14.8. The summed E-state index contributed by atoms with van der Waals surface area (Å²) in [6, 6.07) is 8.31. The molecule has 17 heteroatoms. The third-order valence-corrected chi connectivity index (χ3v) is 8.51. The summed E-state index contributed by atoms with van der Waals surface area (Å²) < 4.78 is 0. The van der Waals surface area contributed by atoms with Crippen LogP contribution in [-0.4, -0.2) is 95.0 Å². The van der Waals surface area contributed by atoms with Gasteiger partial charge in [-0.05, 0) is 48.4 Å². The maximum atomic E-state index is 13.7. The van der Waals surface area contributed by atoms with Crippen LogP contribution in [0.2, 0.25) is 0 Å². The number of nitrogens with two attached hydrogens (primary N) is 2. The minimum atomic E-state index is -1.25. The second-order valence-electron chi connectivity index (χ2n) is 13.3. The Labute approximate surface area is 314 Å². The van der Waals surface area contributed by atoms with E-state index in [2.05, 4.69) is 44.5 Å². The monoisotopic (exact) mass is 756 g/mol. The summed E-state index contributed by atoms with van der Waals surface area (Å²) in [5.41, 5.74) is 12.6. The van der Waals surface area contributed by atoms with Crippen molar-refractivity contribution in [2.24, 2.45) is 23.3 Å². The number of hydrogen-bond acceptors (Lipinski definition) is 10. The van der Waals surface area contributed by atoms with Crippen LogP contribution in [0, 0.1) is 11.8 Å². The molecule has 53 heavy (non-hydrogen) atoms. The van der Waals surface area contributed by atoms with E-state index >= 15 is 0 Å². The molecule has 11 N–H and O–H groups in total. The molecule has 0 aliphatic carbocycles. The van der Waals surface area contributed by atoms with Gasteiger partial charge in [-0.1, -0.05) is 70.2 Å². The summed E-state index contributed by atoms with van der Waals surface area (Å²) in [5.74, 6) is -5.75. The Hall–Kier alpha value is -5.16. The van der Waals surface area contributed by atoms with Gasteiger partial charge in [0.25, 0.3) is 0 Å². The Kier molecular flexibility index (Phi) is 17.8. The normalized spacial score (nSPS) is 14.4. The first-order valence-electron chi connectivity index (χ1n) is 17.2. The van der Waals surface area contributed by atoms with Crippen LogP contribution >= 0.6 is 12.6 Å². The van der Waals surface area contributed by atoms with Crippen LogP contribution in [0.5, 0.6) is 5.75 Å². The van der Waals surface area contributed by atoms with Crippen molar-refractivity contribution in [2.45, 2.75) is 83.7 Å². The first-order chi connectivity index (χ1) is 24.9. The molecular formula is C36H52N8O8S. The van der Waals surface area contributed by atoms with Gasteiger partial charge < -0.3 is 48.5 Å². The Morgan fingerprint density at radius 2 is 1.13 bits per heavy atom. The average molecular weight is 757 g/mol. The van der Waals surface area contributed by atoms with Gasteiger partial charge in [-0.25, -0.2) is 0 Å². The van der Waals surface area contributed by atoms with Gasteiger partial charge in [0.15, 0.2) is 0 Å². The molecule has 0 heterocycles. The molecule has 290 valence electrons. The lowest BCUT2D eigenvalue weighted by molar-refractivity contribution is -0.135. The number of carbonyl (C=O) groups excluding carboxylic acids is 7. The fraction of sp³-hybridized carbons (Fsp3) is 0.472. The van der Waals surface area contributed by atoms with Crippen LogP contribution < -0.4 is 43.4 Å². The number of phenols is 1. The van der Waals surface area contributed by atoms with E-state index < -0.39 is 90.1 Å². The number of aromatic hydroxyl groups is 1. The third-order valence-electron chi connectivity index (χ3n) is 8.14. The number of amides is 7. The Morgan fingerprint density at radius 1 is 0.623 bits per heavy atom. The van der Waals surface area contributed by atoms with Gasteiger partial charge in [-0.2, -0.15) is 12.6 Å². The molecule has 2 aromatic rings. The topological polar surface area (TPSA) is 264 Å². The molecule has 0 aliphatic rings. The van der Waals surface area contributed by atoms with Gasteiger partial charge in [0.05, 0.1) is 12.6 Å². The van der Waals surface area contributed by atoms with Gasteiger partial charge in [0.2, 0.25) is 41.4 Å². The molecule has 2 aromatic carbocycles. The maximum absolute atomic E-state index is 13.7. The average Bonchev–Trinajstić information content (AvgIpc) is 3.11. The highest BCUT2D eigenvalue weighted by molar-refractivity contribution is 7.80. The smallest absolute Gasteiger partial charge is 0.244 e. The predicted octanol–water partition coefficient (Wildman–Crippen LogP) is -1.21. The van der Waals surface area contributed by atoms with Crippen molar-refractivity contribution in [3.63, 3.8) is 0 Å². The molecule has 0 fully saturated rings. The van der Waals surface area contributed by atoms with Gasteiger partial charge in [0, 0.05) is 12.2 Å². The molecule has 7 amide bonds. The molecule has 6 atom stereocenters. The van der Waals surface area contributed by atoms with Crippen molar-refractivity contribution < 1.29 is 38.7 Å². The number of primary amides is 1. The highest BCUT2D eigenvalue weighted by atomic mass is 32.1. The molecule has 0 radical (unpaired) electrons. The minimum absolute atomic E-state index is 0.0335. The van der Waals surface area contributed by atoms with Crippen molar-refractivity contribution in [3.05, 3.63) is 65.7 Å². The zero-order chi connectivity index (χ0) is 39.8. The van der Waals surface area contributed by atoms with Gasteiger partial charge in [0.1, 0.15) is 36.0 Å². The van der Waals surface area contributed by atoms with Crippen LogP contribution in [0.4, 0.5) is 0 Å². The number of carbonyl (C=O) groups is 7. The molecule has 0 spiro atoms. The van der Waals surface area contributed by atoms with Crippen molar-refractivity contribution in [1.82, 2.24) is 31.9 Å². The van der Waals surface area contributed by atoms with E-state index in [0.29, 0.717) is 11.1 Å². The quantitative estimate of drug-likeness (QED) is 0.0726. The van der Waals surface area contributed by atoms with Crippen LogP contribution in [0.15, 0.2) is 54.6 Å². The van der Waals surface area contributed by atoms with Gasteiger partial charge in [-0.3, -0.25) is 33.6 Å². The zero-order valence-corrected chi connectivity index (χ0v) is 31.4. The minimum Gasteiger partial charge on any atom is -0.508 e. The van der Waals surface area contributed by atoms with Gasteiger partial charge in [-0.15, -0.1) is 0 Å². The van der Waals surface area contributed by atoms with Crippen molar-refractivity contribution in [1.29, 1.82) is 0 Å². The summed E-state index contributed by atoms with van der Waals surface area (Å²) in [6.07, 6.45) is 0.183. The van der Waals surface area contributed by atoms with E-state index in [-0.39, 0.29) is 30.3 Å². The lowest BCUT2D eigenvalue weighted by Gasteiger charge is -2.28. The summed E-state index contributed by atoms with van der Waals surface area (Å²) in [6.45, 7) is 7.77. The standard InChI is InChI=1S/C36H52N8O8S/c1-19(2)29(35(51)39-17-28(38)46)44-36(52)30(20(3)4)43-34(50)27(18-53)42-33(49)26(16-22-9-7-6-8-10-22)41-31(47)21(5)40-32(48)25(37)15-23-11-13-24(45)14-12-23/h6-14,19-21,25-27,29-30,45,53H,15-18,37H2,1-5H3,(H2,38,46)(H,39,51)(H,40,48)(H,41,47)(H,42,49)(H,43,50)(H,44,52)/t21-,25+,26+,27+,29+,30+/m1/s1. The first-order valence-corrected chi connectivity index (χ1v) is 17.8. The summed E-state index contributed by atoms with van der Waals surface area (Å²) >= 11 is 4.25. The van der Waals surface area contributed by atoms with E-state index in [0.717, 1.165) is 0 Å². The Morgan fingerprint density at radius 3 is 1.68 bits per heavy atom.